The first-order valence-corrected chi connectivity index (χ1v) is 8.56. The number of fused-ring (bicyclic) bond motifs is 1. The van der Waals surface area contributed by atoms with Crippen LogP contribution in [0.5, 0.6) is 11.5 Å². The summed E-state index contributed by atoms with van der Waals surface area (Å²) in [5.74, 6) is 0.226. The third kappa shape index (κ3) is 4.39. The summed E-state index contributed by atoms with van der Waals surface area (Å²) in [5.41, 5.74) is 1.05. The van der Waals surface area contributed by atoms with Crippen molar-refractivity contribution in [2.24, 2.45) is 0 Å². The smallest absolute Gasteiger partial charge is 0.307 e. The van der Waals surface area contributed by atoms with Crippen molar-refractivity contribution in [1.29, 1.82) is 0 Å². The van der Waals surface area contributed by atoms with Crippen LogP contribution in [0.15, 0.2) is 36.4 Å². The number of ether oxygens (including phenoxy) is 3. The van der Waals surface area contributed by atoms with Crippen molar-refractivity contribution in [3.63, 3.8) is 0 Å². The minimum Gasteiger partial charge on any atom is -0.461 e. The first-order valence-electron chi connectivity index (χ1n) is 7.81. The molecule has 3 rings (SSSR count). The highest BCUT2D eigenvalue weighted by Crippen LogP contribution is 2.39. The monoisotopic (exact) mass is 395 g/mol. The van der Waals surface area contributed by atoms with E-state index in [-0.39, 0.29) is 32.3 Å². The van der Waals surface area contributed by atoms with Gasteiger partial charge in [0.2, 0.25) is 6.79 Å². The Hall–Kier alpha value is -2.44. The number of nitrogens with one attached hydrogen (secondary N) is 1. The quantitative estimate of drug-likeness (QED) is 0.756. The Morgan fingerprint density at radius 1 is 1.12 bits per heavy atom. The Morgan fingerprint density at radius 2 is 1.92 bits per heavy atom. The molecule has 0 bridgehead atoms. The molecule has 8 heteroatoms. The van der Waals surface area contributed by atoms with Crippen molar-refractivity contribution in [3.8, 4) is 11.5 Å². The fourth-order valence-corrected chi connectivity index (χ4v) is 2.87. The van der Waals surface area contributed by atoms with Crippen molar-refractivity contribution in [3.05, 3.63) is 57.6 Å². The number of hydrogen-bond donors (Lipinski definition) is 1. The molecule has 136 valence electrons. The molecular formula is C18H15Cl2NO5. The molecule has 1 aliphatic heterocycles. The van der Waals surface area contributed by atoms with Gasteiger partial charge in [0.25, 0.3) is 5.91 Å². The summed E-state index contributed by atoms with van der Waals surface area (Å²) in [5, 5.41) is 3.39. The molecule has 1 N–H and O–H groups in total. The van der Waals surface area contributed by atoms with Gasteiger partial charge >= 0.3 is 5.97 Å². The predicted molar refractivity (Wildman–Crippen MR) is 95.8 cm³/mol. The van der Waals surface area contributed by atoms with Crippen LogP contribution in [0.25, 0.3) is 0 Å². The molecular weight excluding hydrogens is 381 g/mol. The van der Waals surface area contributed by atoms with Gasteiger partial charge in [0.1, 0.15) is 6.61 Å². The minimum absolute atomic E-state index is 0.0362. The van der Waals surface area contributed by atoms with Gasteiger partial charge in [-0.05, 0) is 29.8 Å². The van der Waals surface area contributed by atoms with Gasteiger partial charge in [0.15, 0.2) is 11.5 Å². The molecule has 0 saturated carbocycles. The van der Waals surface area contributed by atoms with Crippen LogP contribution in [-0.4, -0.2) is 25.2 Å². The Morgan fingerprint density at radius 3 is 2.73 bits per heavy atom. The lowest BCUT2D eigenvalue weighted by atomic mass is 10.2. The van der Waals surface area contributed by atoms with E-state index >= 15 is 0 Å². The van der Waals surface area contributed by atoms with E-state index in [1.165, 1.54) is 0 Å². The van der Waals surface area contributed by atoms with E-state index < -0.39 is 5.97 Å². The van der Waals surface area contributed by atoms with Crippen LogP contribution < -0.4 is 14.8 Å². The van der Waals surface area contributed by atoms with E-state index in [9.17, 15) is 9.59 Å². The highest BCUT2D eigenvalue weighted by atomic mass is 35.5. The summed E-state index contributed by atoms with van der Waals surface area (Å²) in [6.45, 7) is 0.307. The first kappa shape index (κ1) is 18.4. The molecule has 26 heavy (non-hydrogen) atoms. The molecule has 0 aromatic heterocycles. The van der Waals surface area contributed by atoms with Crippen LogP contribution in [0, 0.1) is 0 Å². The van der Waals surface area contributed by atoms with Crippen LogP contribution in [0.1, 0.15) is 22.3 Å². The summed E-state index contributed by atoms with van der Waals surface area (Å²) < 4.78 is 15.7. The highest BCUT2D eigenvalue weighted by molar-refractivity contribution is 6.33. The summed E-state index contributed by atoms with van der Waals surface area (Å²) in [4.78, 5) is 23.8. The Kier molecular flexibility index (Phi) is 5.85. The van der Waals surface area contributed by atoms with Crippen molar-refractivity contribution in [1.82, 2.24) is 5.32 Å². The van der Waals surface area contributed by atoms with Gasteiger partial charge in [-0.1, -0.05) is 35.3 Å². The predicted octanol–water partition coefficient (Wildman–Crippen LogP) is 3.59. The number of benzene rings is 2. The molecule has 0 aliphatic carbocycles. The maximum atomic E-state index is 12.0. The van der Waals surface area contributed by atoms with E-state index in [4.69, 9.17) is 37.4 Å². The van der Waals surface area contributed by atoms with Gasteiger partial charge in [-0.15, -0.1) is 0 Å². The van der Waals surface area contributed by atoms with Crippen LogP contribution in [0.3, 0.4) is 0 Å². The van der Waals surface area contributed by atoms with Gasteiger partial charge < -0.3 is 19.5 Å². The standard InChI is InChI=1S/C18H15Cl2NO5/c19-13-4-2-1-3-12(13)18(23)21-6-5-16(22)24-9-11-7-14(20)17-15(8-11)25-10-26-17/h1-4,7-8H,5-6,9-10H2,(H,21,23). The lowest BCUT2D eigenvalue weighted by molar-refractivity contribution is -0.144. The van der Waals surface area contributed by atoms with Crippen molar-refractivity contribution >= 4 is 35.1 Å². The molecule has 0 saturated heterocycles. The number of esters is 1. The maximum Gasteiger partial charge on any atom is 0.307 e. The van der Waals surface area contributed by atoms with Crippen LogP contribution >= 0.6 is 23.2 Å². The van der Waals surface area contributed by atoms with Gasteiger partial charge in [-0.3, -0.25) is 9.59 Å². The van der Waals surface area contributed by atoms with E-state index in [0.717, 1.165) is 0 Å². The molecule has 1 amide bonds. The number of hydrogen-bond acceptors (Lipinski definition) is 5. The summed E-state index contributed by atoms with van der Waals surface area (Å²) >= 11 is 12.0. The van der Waals surface area contributed by atoms with Crippen molar-refractivity contribution in [2.75, 3.05) is 13.3 Å². The minimum atomic E-state index is -0.446. The van der Waals surface area contributed by atoms with E-state index in [1.807, 2.05) is 0 Å². The normalized spacial score (nSPS) is 11.9. The number of carbonyl (C=O) groups is 2. The van der Waals surface area contributed by atoms with E-state index in [0.29, 0.717) is 32.7 Å². The Balaban J connectivity index is 1.44. The number of rotatable bonds is 6. The zero-order chi connectivity index (χ0) is 18.5. The van der Waals surface area contributed by atoms with E-state index in [2.05, 4.69) is 5.32 Å². The molecule has 1 aliphatic rings. The lowest BCUT2D eigenvalue weighted by Gasteiger charge is -2.08. The Bertz CT molecular complexity index is 840. The van der Waals surface area contributed by atoms with Gasteiger partial charge in [0.05, 0.1) is 22.0 Å². The number of amides is 1. The lowest BCUT2D eigenvalue weighted by Crippen LogP contribution is -2.26. The molecule has 1 heterocycles. The second-order valence-electron chi connectivity index (χ2n) is 5.46. The highest BCUT2D eigenvalue weighted by Gasteiger charge is 2.18. The Labute approximate surface area is 159 Å². The first-order chi connectivity index (χ1) is 12.5. The van der Waals surface area contributed by atoms with Crippen LogP contribution in [0.2, 0.25) is 10.0 Å². The van der Waals surface area contributed by atoms with Crippen molar-refractivity contribution < 1.29 is 23.8 Å². The van der Waals surface area contributed by atoms with Gasteiger partial charge in [-0.2, -0.15) is 0 Å². The molecule has 0 atom stereocenters. The summed E-state index contributed by atoms with van der Waals surface area (Å²) in [6, 6.07) is 10.0. The second kappa shape index (κ2) is 8.29. The van der Waals surface area contributed by atoms with Crippen LogP contribution in [-0.2, 0) is 16.1 Å². The second-order valence-corrected chi connectivity index (χ2v) is 6.27. The average Bonchev–Trinajstić information content (AvgIpc) is 3.09. The fourth-order valence-electron chi connectivity index (χ4n) is 2.36. The fraction of sp³-hybridized carbons (Fsp3) is 0.222. The third-order valence-corrected chi connectivity index (χ3v) is 4.23. The molecule has 0 fully saturated rings. The number of halogens is 2. The zero-order valence-corrected chi connectivity index (χ0v) is 15.1. The zero-order valence-electron chi connectivity index (χ0n) is 13.6. The molecule has 0 unspecified atom stereocenters. The third-order valence-electron chi connectivity index (χ3n) is 3.62. The molecule has 2 aromatic carbocycles. The van der Waals surface area contributed by atoms with E-state index in [1.54, 1.807) is 36.4 Å². The van der Waals surface area contributed by atoms with Gasteiger partial charge in [0, 0.05) is 6.54 Å². The molecule has 0 spiro atoms. The summed E-state index contributed by atoms with van der Waals surface area (Å²) in [6.07, 6.45) is 0.0362. The topological polar surface area (TPSA) is 73.9 Å². The average molecular weight is 396 g/mol. The molecule has 2 aromatic rings. The number of carbonyl (C=O) groups excluding carboxylic acids is 2. The largest absolute Gasteiger partial charge is 0.461 e. The van der Waals surface area contributed by atoms with Crippen molar-refractivity contribution in [2.45, 2.75) is 13.0 Å². The maximum absolute atomic E-state index is 12.0. The van der Waals surface area contributed by atoms with Gasteiger partial charge in [-0.25, -0.2) is 0 Å². The molecule has 6 nitrogen and oxygen atoms in total. The van der Waals surface area contributed by atoms with Crippen LogP contribution in [0.4, 0.5) is 0 Å². The summed E-state index contributed by atoms with van der Waals surface area (Å²) in [7, 11) is 0. The SMILES string of the molecule is O=C(CCNC(=O)c1ccccc1Cl)OCc1cc(Cl)c2c(c1)OCO2. The molecule has 0 radical (unpaired) electrons.